The van der Waals surface area contributed by atoms with Crippen LogP contribution in [0.5, 0.6) is 5.75 Å². The molecular weight excluding hydrogens is 574 g/mol. The Balaban J connectivity index is 2.46. The zero-order chi connectivity index (χ0) is 33.7. The summed E-state index contributed by atoms with van der Waals surface area (Å²) in [5, 5.41) is 2.90. The van der Waals surface area contributed by atoms with E-state index in [2.05, 4.69) is 63.7 Å². The maximum atomic E-state index is 13.4. The molecule has 8 nitrogen and oxygen atoms in total. The van der Waals surface area contributed by atoms with Crippen molar-refractivity contribution in [2.45, 2.75) is 132 Å². The number of amides is 2. The van der Waals surface area contributed by atoms with Crippen LogP contribution in [0.3, 0.4) is 0 Å². The molecule has 0 aliphatic heterocycles. The summed E-state index contributed by atoms with van der Waals surface area (Å²) in [6.45, 7) is 24.1. The zero-order valence-electron chi connectivity index (χ0n) is 28.8. The van der Waals surface area contributed by atoms with Gasteiger partial charge in [-0.1, -0.05) is 102 Å². The lowest BCUT2D eigenvalue weighted by Gasteiger charge is -2.24. The van der Waals surface area contributed by atoms with Crippen molar-refractivity contribution in [3.8, 4) is 5.75 Å². The number of hydrogen-bond donors (Lipinski definition) is 3. The number of anilines is 1. The average Bonchev–Trinajstić information content (AvgIpc) is 2.91. The lowest BCUT2D eigenvalue weighted by atomic mass is 9.83. The smallest absolute Gasteiger partial charge is 0.366 e. The van der Waals surface area contributed by atoms with Gasteiger partial charge in [-0.15, -0.1) is 0 Å². The van der Waals surface area contributed by atoms with Gasteiger partial charge in [0, 0.05) is 16.8 Å². The summed E-state index contributed by atoms with van der Waals surface area (Å²) in [6.07, 6.45) is 0.678. The van der Waals surface area contributed by atoms with Crippen LogP contribution in [-0.2, 0) is 26.3 Å². The maximum absolute atomic E-state index is 13.4. The highest BCUT2D eigenvalue weighted by Crippen LogP contribution is 2.38. The normalized spacial score (nSPS) is 13.6. The molecule has 2 atom stereocenters. The monoisotopic (exact) mass is 629 g/mol. The Morgan fingerprint density at radius 3 is 1.59 bits per heavy atom. The minimum absolute atomic E-state index is 0.00174. The van der Waals surface area contributed by atoms with Gasteiger partial charge in [-0.2, -0.15) is 8.42 Å². The number of carbonyl (C=O) groups is 2. The Kier molecular flexibility index (Phi) is 13.0. The van der Waals surface area contributed by atoms with Gasteiger partial charge in [0.1, 0.15) is 0 Å². The summed E-state index contributed by atoms with van der Waals surface area (Å²) in [5.41, 5.74) is 12.0. The molecule has 0 saturated heterocycles. The summed E-state index contributed by atoms with van der Waals surface area (Å²) in [7, 11) is -4.52. The van der Waals surface area contributed by atoms with Gasteiger partial charge in [-0.25, -0.2) is 4.72 Å². The molecule has 0 spiro atoms. The van der Waals surface area contributed by atoms with Gasteiger partial charge in [-0.3, -0.25) is 9.59 Å². The van der Waals surface area contributed by atoms with Gasteiger partial charge in [0.05, 0.1) is 12.5 Å². The highest BCUT2D eigenvalue weighted by atomic mass is 32.2. The van der Waals surface area contributed by atoms with Crippen molar-refractivity contribution in [2.75, 3.05) is 5.32 Å². The van der Waals surface area contributed by atoms with Crippen LogP contribution in [0.25, 0.3) is 0 Å². The van der Waals surface area contributed by atoms with Crippen molar-refractivity contribution in [3.05, 3.63) is 57.6 Å². The quantitative estimate of drug-likeness (QED) is 0.197. The topological polar surface area (TPSA) is 128 Å². The number of nitrogens with two attached hydrogens (primary N) is 1. The van der Waals surface area contributed by atoms with Crippen LogP contribution in [0.15, 0.2) is 24.3 Å². The number of rotatable bonds is 14. The molecule has 4 N–H and O–H groups in total. The van der Waals surface area contributed by atoms with Crippen LogP contribution in [0, 0.1) is 5.92 Å². The maximum Gasteiger partial charge on any atom is 0.409 e. The molecule has 2 aromatic carbocycles. The fraction of sp³-hybridized carbons (Fsp3) is 0.600. The molecule has 9 heteroatoms. The predicted octanol–water partition coefficient (Wildman–Crippen LogP) is 7.60. The fourth-order valence-electron chi connectivity index (χ4n) is 5.21. The largest absolute Gasteiger partial charge is 0.409 e. The summed E-state index contributed by atoms with van der Waals surface area (Å²) in [6, 6.07) is 7.02. The molecule has 0 saturated carbocycles. The summed E-state index contributed by atoms with van der Waals surface area (Å²) >= 11 is 0. The van der Waals surface area contributed by atoms with Gasteiger partial charge in [0.15, 0.2) is 5.75 Å². The third-order valence-electron chi connectivity index (χ3n) is 8.24. The van der Waals surface area contributed by atoms with Crippen molar-refractivity contribution in [2.24, 2.45) is 11.7 Å². The van der Waals surface area contributed by atoms with E-state index in [1.807, 2.05) is 41.5 Å². The van der Waals surface area contributed by atoms with E-state index in [0.29, 0.717) is 22.7 Å². The second-order valence-corrected chi connectivity index (χ2v) is 14.9. The molecule has 2 rings (SSSR count). The van der Waals surface area contributed by atoms with Crippen molar-refractivity contribution in [3.63, 3.8) is 0 Å². The Morgan fingerprint density at radius 2 is 1.20 bits per heavy atom. The average molecular weight is 630 g/mol. The van der Waals surface area contributed by atoms with E-state index in [4.69, 9.17) is 9.92 Å². The summed E-state index contributed by atoms with van der Waals surface area (Å²) in [4.78, 5) is 26.1. The summed E-state index contributed by atoms with van der Waals surface area (Å²) in [5.74, 6) is -0.459. The van der Waals surface area contributed by atoms with Crippen molar-refractivity contribution in [1.82, 2.24) is 4.72 Å². The highest BCUT2D eigenvalue weighted by Gasteiger charge is 2.27. The molecule has 2 amide bonds. The van der Waals surface area contributed by atoms with Gasteiger partial charge in [0.2, 0.25) is 11.8 Å². The molecule has 44 heavy (non-hydrogen) atoms. The Hall–Kier alpha value is -2.91. The molecule has 0 aliphatic rings. The van der Waals surface area contributed by atoms with Gasteiger partial charge in [0.25, 0.3) is 0 Å². The van der Waals surface area contributed by atoms with Gasteiger partial charge in [-0.05, 0) is 69.9 Å². The molecule has 1 unspecified atom stereocenters. The van der Waals surface area contributed by atoms with Crippen LogP contribution in [-0.4, -0.2) is 26.3 Å². The molecule has 0 aromatic heterocycles. The number of benzene rings is 2. The van der Waals surface area contributed by atoms with Crippen molar-refractivity contribution >= 4 is 27.8 Å². The molecular formula is C35H55N3O5S. The molecule has 0 radical (unpaired) electrons. The molecule has 0 heterocycles. The Morgan fingerprint density at radius 1 is 0.750 bits per heavy atom. The van der Waals surface area contributed by atoms with E-state index in [-0.39, 0.29) is 47.7 Å². The third-order valence-corrected chi connectivity index (χ3v) is 9.10. The van der Waals surface area contributed by atoms with E-state index in [1.54, 1.807) is 12.1 Å². The second kappa shape index (κ2) is 15.4. The van der Waals surface area contributed by atoms with Crippen LogP contribution < -0.4 is 20.0 Å². The van der Waals surface area contributed by atoms with E-state index in [1.165, 1.54) is 5.56 Å². The molecule has 2 aromatic rings. The van der Waals surface area contributed by atoms with Crippen LogP contribution >= 0.6 is 0 Å². The van der Waals surface area contributed by atoms with E-state index >= 15 is 0 Å². The first-order chi connectivity index (χ1) is 20.3. The van der Waals surface area contributed by atoms with E-state index < -0.39 is 22.3 Å². The fourth-order valence-corrected chi connectivity index (χ4v) is 6.02. The van der Waals surface area contributed by atoms with Crippen LogP contribution in [0.2, 0.25) is 0 Å². The second-order valence-electron chi connectivity index (χ2n) is 13.6. The van der Waals surface area contributed by atoms with Crippen LogP contribution in [0.1, 0.15) is 152 Å². The minimum atomic E-state index is -4.52. The summed E-state index contributed by atoms with van der Waals surface area (Å²) < 4.78 is 34.5. The highest BCUT2D eigenvalue weighted by molar-refractivity contribution is 7.85. The van der Waals surface area contributed by atoms with Gasteiger partial charge < -0.3 is 15.2 Å². The van der Waals surface area contributed by atoms with Crippen molar-refractivity contribution < 1.29 is 22.2 Å². The molecule has 0 bridgehead atoms. The lowest BCUT2D eigenvalue weighted by molar-refractivity contribution is -0.119. The Bertz CT molecular complexity index is 1370. The molecule has 0 aliphatic carbocycles. The van der Waals surface area contributed by atoms with Crippen LogP contribution in [0.4, 0.5) is 5.69 Å². The molecule has 246 valence electrons. The van der Waals surface area contributed by atoms with E-state index in [9.17, 15) is 18.0 Å². The third kappa shape index (κ3) is 9.54. The number of nitrogens with one attached hydrogen (secondary N) is 2. The number of carbonyl (C=O) groups excluding carboxylic acids is 2. The predicted molar refractivity (Wildman–Crippen MR) is 181 cm³/mol. The first-order valence-corrected chi connectivity index (χ1v) is 17.4. The standard InChI is InChI=1S/C35H55N3O5S/c1-13-24(12)33(36)35(40)37-26-16-29(22(8)9)34(30(17-26)23(10)11)43-44(41,42)38-32(39)18-31-27(20(4)5)14-25(19(2)3)15-28(31)21(6)7/h14-17,19-24,33H,13,18,36H2,1-12H3,(H,37,40)(H,38,39)/t24?,33-/m0/s1. The zero-order valence-corrected chi connectivity index (χ0v) is 29.6. The van der Waals surface area contributed by atoms with Gasteiger partial charge >= 0.3 is 10.3 Å². The minimum Gasteiger partial charge on any atom is -0.366 e. The van der Waals surface area contributed by atoms with Crippen molar-refractivity contribution in [1.29, 1.82) is 0 Å². The first-order valence-electron chi connectivity index (χ1n) is 15.9. The van der Waals surface area contributed by atoms with E-state index in [0.717, 1.165) is 23.1 Å². The SMILES string of the molecule is CCC(C)[C@H](N)C(=O)Nc1cc(C(C)C)c(OS(=O)(=O)NC(=O)Cc2c(C(C)C)cc(C(C)C)cc2C(C)C)c(C(C)C)c1. The molecule has 0 fully saturated rings. The number of hydrogen-bond acceptors (Lipinski definition) is 6. The first kappa shape index (κ1) is 37.3. The lowest BCUT2D eigenvalue weighted by Crippen LogP contribution is -2.40. The Labute approximate surface area is 266 Å².